The quantitative estimate of drug-likeness (QED) is 0.636. The summed E-state index contributed by atoms with van der Waals surface area (Å²) in [5, 5.41) is 2.90. The van der Waals surface area contributed by atoms with Gasteiger partial charge in [-0.05, 0) is 20.3 Å². The van der Waals surface area contributed by atoms with Gasteiger partial charge >= 0.3 is 0 Å². The third-order valence-corrected chi connectivity index (χ3v) is 2.44. The first-order chi connectivity index (χ1) is 6.56. The van der Waals surface area contributed by atoms with Crippen LogP contribution in [0.5, 0.6) is 0 Å². The summed E-state index contributed by atoms with van der Waals surface area (Å²) in [7, 11) is 0. The standard InChI is InChI=1S/C10H18N2O2/c1-10(2)8(5-7-14-10)12-9(13)4-3-6-11/h3-4,8H,5-7,11H2,1-2H3,(H,12,13)/b4-3+. The highest BCUT2D eigenvalue weighted by Crippen LogP contribution is 2.24. The number of carbonyl (C=O) groups is 1. The van der Waals surface area contributed by atoms with E-state index in [4.69, 9.17) is 10.5 Å². The number of hydrogen-bond acceptors (Lipinski definition) is 3. The molecule has 1 heterocycles. The molecule has 1 saturated heterocycles. The van der Waals surface area contributed by atoms with Gasteiger partial charge in [-0.25, -0.2) is 0 Å². The number of carbonyl (C=O) groups excluding carboxylic acids is 1. The van der Waals surface area contributed by atoms with Crippen LogP contribution >= 0.6 is 0 Å². The van der Waals surface area contributed by atoms with E-state index in [9.17, 15) is 4.79 Å². The van der Waals surface area contributed by atoms with Gasteiger partial charge in [-0.3, -0.25) is 4.79 Å². The second kappa shape index (κ2) is 4.57. The number of rotatable bonds is 3. The zero-order valence-corrected chi connectivity index (χ0v) is 8.75. The lowest BCUT2D eigenvalue weighted by Crippen LogP contribution is -2.45. The topological polar surface area (TPSA) is 64.3 Å². The second-order valence-electron chi connectivity index (χ2n) is 3.94. The molecule has 0 bridgehead atoms. The predicted molar refractivity (Wildman–Crippen MR) is 54.8 cm³/mol. The molecule has 1 rings (SSSR count). The normalized spacial score (nSPS) is 25.5. The number of nitrogens with two attached hydrogens (primary N) is 1. The van der Waals surface area contributed by atoms with Gasteiger partial charge in [-0.1, -0.05) is 6.08 Å². The van der Waals surface area contributed by atoms with Gasteiger partial charge in [0.15, 0.2) is 0 Å². The van der Waals surface area contributed by atoms with Crippen LogP contribution in [0.4, 0.5) is 0 Å². The van der Waals surface area contributed by atoms with E-state index in [0.29, 0.717) is 13.2 Å². The van der Waals surface area contributed by atoms with Gasteiger partial charge in [0, 0.05) is 19.2 Å². The molecule has 0 saturated carbocycles. The number of amides is 1. The minimum Gasteiger partial charge on any atom is -0.373 e. The Bertz CT molecular complexity index is 236. The minimum absolute atomic E-state index is 0.0948. The van der Waals surface area contributed by atoms with Crippen molar-refractivity contribution in [3.63, 3.8) is 0 Å². The minimum atomic E-state index is -0.258. The van der Waals surface area contributed by atoms with Crippen molar-refractivity contribution in [2.24, 2.45) is 5.73 Å². The van der Waals surface area contributed by atoms with Crippen LogP contribution < -0.4 is 11.1 Å². The summed E-state index contributed by atoms with van der Waals surface area (Å²) in [5.74, 6) is -0.0981. The van der Waals surface area contributed by atoms with Crippen LogP contribution in [0.3, 0.4) is 0 Å². The molecule has 4 nitrogen and oxygen atoms in total. The maximum absolute atomic E-state index is 11.3. The molecule has 0 aromatic rings. The van der Waals surface area contributed by atoms with Crippen LogP contribution in [-0.2, 0) is 9.53 Å². The van der Waals surface area contributed by atoms with E-state index >= 15 is 0 Å². The van der Waals surface area contributed by atoms with Crippen molar-refractivity contribution >= 4 is 5.91 Å². The lowest BCUT2D eigenvalue weighted by Gasteiger charge is -2.25. The largest absolute Gasteiger partial charge is 0.373 e. The number of nitrogens with one attached hydrogen (secondary N) is 1. The summed E-state index contributed by atoms with van der Waals surface area (Å²) >= 11 is 0. The number of hydrogen-bond donors (Lipinski definition) is 2. The number of ether oxygens (including phenoxy) is 1. The van der Waals surface area contributed by atoms with Crippen LogP contribution in [0.1, 0.15) is 20.3 Å². The molecule has 0 aromatic heterocycles. The van der Waals surface area contributed by atoms with E-state index in [0.717, 1.165) is 6.42 Å². The van der Waals surface area contributed by atoms with Gasteiger partial charge in [0.2, 0.25) is 5.91 Å². The van der Waals surface area contributed by atoms with E-state index in [-0.39, 0.29) is 17.6 Å². The average Bonchev–Trinajstić information content (AvgIpc) is 2.43. The van der Waals surface area contributed by atoms with Crippen molar-refractivity contribution in [2.45, 2.75) is 31.9 Å². The first-order valence-corrected chi connectivity index (χ1v) is 4.87. The Morgan fingerprint density at radius 3 is 2.93 bits per heavy atom. The Morgan fingerprint density at radius 1 is 1.71 bits per heavy atom. The van der Waals surface area contributed by atoms with Crippen molar-refractivity contribution in [1.29, 1.82) is 0 Å². The highest BCUT2D eigenvalue weighted by molar-refractivity contribution is 5.87. The molecule has 1 atom stereocenters. The summed E-state index contributed by atoms with van der Waals surface area (Å²) in [5.41, 5.74) is 4.99. The molecule has 3 N–H and O–H groups in total. The third kappa shape index (κ3) is 2.82. The van der Waals surface area contributed by atoms with Crippen LogP contribution in [0.2, 0.25) is 0 Å². The molecular formula is C10H18N2O2. The van der Waals surface area contributed by atoms with Crippen LogP contribution in [0.25, 0.3) is 0 Å². The molecule has 1 aliphatic heterocycles. The smallest absolute Gasteiger partial charge is 0.244 e. The van der Waals surface area contributed by atoms with Crippen molar-refractivity contribution in [1.82, 2.24) is 5.32 Å². The molecule has 80 valence electrons. The molecule has 1 aliphatic rings. The van der Waals surface area contributed by atoms with Gasteiger partial charge < -0.3 is 15.8 Å². The summed E-state index contributed by atoms with van der Waals surface area (Å²) in [4.78, 5) is 11.3. The first kappa shape index (κ1) is 11.2. The predicted octanol–water partition coefficient (Wildman–Crippen LogP) is 0.185. The molecule has 0 aliphatic carbocycles. The lowest BCUT2D eigenvalue weighted by atomic mass is 9.99. The van der Waals surface area contributed by atoms with Gasteiger partial charge in [0.1, 0.15) is 0 Å². The summed E-state index contributed by atoms with van der Waals surface area (Å²) < 4.78 is 5.49. The Hall–Kier alpha value is -0.870. The zero-order chi connectivity index (χ0) is 10.6. The highest BCUT2D eigenvalue weighted by Gasteiger charge is 2.36. The molecule has 0 aromatic carbocycles. The maximum Gasteiger partial charge on any atom is 0.244 e. The van der Waals surface area contributed by atoms with Crippen molar-refractivity contribution in [2.75, 3.05) is 13.2 Å². The molecule has 0 radical (unpaired) electrons. The Labute approximate surface area is 84.5 Å². The Morgan fingerprint density at radius 2 is 2.43 bits per heavy atom. The fraction of sp³-hybridized carbons (Fsp3) is 0.700. The molecule has 14 heavy (non-hydrogen) atoms. The van der Waals surface area contributed by atoms with Gasteiger partial charge in [-0.2, -0.15) is 0 Å². The molecule has 1 amide bonds. The fourth-order valence-corrected chi connectivity index (χ4v) is 1.53. The molecule has 4 heteroatoms. The molecule has 1 fully saturated rings. The van der Waals surface area contributed by atoms with Crippen LogP contribution in [0.15, 0.2) is 12.2 Å². The van der Waals surface area contributed by atoms with Crippen LogP contribution in [-0.4, -0.2) is 30.7 Å². The van der Waals surface area contributed by atoms with E-state index in [1.165, 1.54) is 6.08 Å². The van der Waals surface area contributed by atoms with E-state index in [1.807, 2.05) is 13.8 Å². The molecule has 1 unspecified atom stereocenters. The highest BCUT2D eigenvalue weighted by atomic mass is 16.5. The molecular weight excluding hydrogens is 180 g/mol. The monoisotopic (exact) mass is 198 g/mol. The van der Waals surface area contributed by atoms with Crippen LogP contribution in [0, 0.1) is 0 Å². The van der Waals surface area contributed by atoms with E-state index in [1.54, 1.807) is 6.08 Å². The Balaban J connectivity index is 2.44. The summed E-state index contributed by atoms with van der Waals surface area (Å²) in [6, 6.07) is 0.0948. The lowest BCUT2D eigenvalue weighted by molar-refractivity contribution is -0.118. The third-order valence-electron chi connectivity index (χ3n) is 2.44. The first-order valence-electron chi connectivity index (χ1n) is 4.87. The Kier molecular flexibility index (Phi) is 3.66. The van der Waals surface area contributed by atoms with Gasteiger partial charge in [0.25, 0.3) is 0 Å². The maximum atomic E-state index is 11.3. The summed E-state index contributed by atoms with van der Waals surface area (Å²) in [6.45, 7) is 5.06. The molecule has 0 spiro atoms. The van der Waals surface area contributed by atoms with E-state index in [2.05, 4.69) is 5.32 Å². The second-order valence-corrected chi connectivity index (χ2v) is 3.94. The van der Waals surface area contributed by atoms with Gasteiger partial charge in [0.05, 0.1) is 11.6 Å². The van der Waals surface area contributed by atoms with Crippen molar-refractivity contribution in [3.05, 3.63) is 12.2 Å². The average molecular weight is 198 g/mol. The van der Waals surface area contributed by atoms with Crippen molar-refractivity contribution < 1.29 is 9.53 Å². The SMILES string of the molecule is CC1(C)OCCC1NC(=O)/C=C/CN. The van der Waals surface area contributed by atoms with Gasteiger partial charge in [-0.15, -0.1) is 0 Å². The summed E-state index contributed by atoms with van der Waals surface area (Å²) in [6.07, 6.45) is 3.97. The fourth-order valence-electron chi connectivity index (χ4n) is 1.53. The van der Waals surface area contributed by atoms with E-state index < -0.39 is 0 Å². The zero-order valence-electron chi connectivity index (χ0n) is 8.75. The van der Waals surface area contributed by atoms with Crippen molar-refractivity contribution in [3.8, 4) is 0 Å².